The van der Waals surface area contributed by atoms with Crippen molar-refractivity contribution in [2.24, 2.45) is 0 Å². The van der Waals surface area contributed by atoms with Crippen molar-refractivity contribution >= 4 is 60.0 Å². The molecule has 4 N–H and O–H groups in total. The summed E-state index contributed by atoms with van der Waals surface area (Å²) in [6.45, 7) is 4.75. The highest BCUT2D eigenvalue weighted by Gasteiger charge is 2.74. The Morgan fingerprint density at radius 1 is 1.02 bits per heavy atom. The number of likely N-dealkylation sites (N-methyl/N-ethyl adjacent to an activating group) is 1. The first-order valence-corrected chi connectivity index (χ1v) is 16.3. The molecule has 264 valence electrons. The molecule has 2 aromatic carbocycles. The number of carboxylic acids is 1. The van der Waals surface area contributed by atoms with Crippen LogP contribution in [0.3, 0.4) is 0 Å². The molecule has 1 unspecified atom stereocenters. The molecule has 0 aliphatic carbocycles. The summed E-state index contributed by atoms with van der Waals surface area (Å²) in [5.41, 5.74) is -1.56. The highest BCUT2D eigenvalue weighted by atomic mass is 32.2. The van der Waals surface area contributed by atoms with Gasteiger partial charge in [-0.1, -0.05) is 42.5 Å². The number of ether oxygens (including phenoxy) is 2. The van der Waals surface area contributed by atoms with Gasteiger partial charge >= 0.3 is 30.0 Å². The van der Waals surface area contributed by atoms with E-state index in [0.29, 0.717) is 11.3 Å². The minimum absolute atomic E-state index is 0.00632. The lowest BCUT2D eigenvalue weighted by Gasteiger charge is -2.49. The fraction of sp³-hybridized carbons (Fsp3) is 0.375. The minimum atomic E-state index is -2.34. The zero-order valence-corrected chi connectivity index (χ0v) is 27.9. The van der Waals surface area contributed by atoms with E-state index in [1.807, 2.05) is 6.07 Å². The zero-order valence-electron chi connectivity index (χ0n) is 27.1. The molecule has 0 bridgehead atoms. The Morgan fingerprint density at radius 3 is 2.32 bits per heavy atom. The third-order valence-corrected chi connectivity index (χ3v) is 10.2. The quantitative estimate of drug-likeness (QED) is 0.0826. The first kappa shape index (κ1) is 35.7. The molecule has 17 nitrogen and oxygen atoms in total. The van der Waals surface area contributed by atoms with Gasteiger partial charge in [0.2, 0.25) is 18.0 Å². The van der Waals surface area contributed by atoms with Crippen molar-refractivity contribution in [2.45, 2.75) is 55.2 Å². The topological polar surface area (TPSA) is 221 Å². The van der Waals surface area contributed by atoms with Gasteiger partial charge in [0.05, 0.1) is 4.75 Å². The molecule has 0 radical (unpaired) electrons. The van der Waals surface area contributed by atoms with Gasteiger partial charge in [-0.25, -0.2) is 14.4 Å². The highest BCUT2D eigenvalue weighted by Crippen LogP contribution is 2.55. The van der Waals surface area contributed by atoms with Crippen LogP contribution in [0.2, 0.25) is 0 Å². The first-order chi connectivity index (χ1) is 23.7. The summed E-state index contributed by atoms with van der Waals surface area (Å²) in [5, 5.41) is 16.9. The van der Waals surface area contributed by atoms with Gasteiger partial charge in [0, 0.05) is 19.6 Å². The maximum Gasteiger partial charge on any atom is 0.514 e. The Bertz CT molecular complexity index is 1720. The molecule has 3 heterocycles. The van der Waals surface area contributed by atoms with E-state index in [0.717, 1.165) is 22.2 Å². The summed E-state index contributed by atoms with van der Waals surface area (Å²) in [6, 6.07) is 10.3. The third kappa shape index (κ3) is 6.40. The highest BCUT2D eigenvalue weighted by molar-refractivity contribution is 8.01. The maximum absolute atomic E-state index is 14.1. The van der Waals surface area contributed by atoms with Gasteiger partial charge in [-0.3, -0.25) is 33.8 Å². The SMILES string of the molecule is CCN1CCN(C(=O)NC(C(=O)N[C@@]2(C(=O)O)N3C(=O)[C@H](NC=O)[C@H]3SC2(C)C)c2ccc(OC(=O)OCc3ccccc3)cc2)C(=O)C1=O. The Morgan fingerprint density at radius 2 is 1.70 bits per heavy atom. The van der Waals surface area contributed by atoms with Crippen LogP contribution in [0, 0.1) is 0 Å². The van der Waals surface area contributed by atoms with Gasteiger partial charge in [-0.15, -0.1) is 11.8 Å². The Labute approximate surface area is 289 Å². The van der Waals surface area contributed by atoms with E-state index in [-0.39, 0.29) is 37.6 Å². The summed E-state index contributed by atoms with van der Waals surface area (Å²) in [5.74, 6) is -5.44. The number of thioether (sulfide) groups is 1. The van der Waals surface area contributed by atoms with Crippen LogP contribution >= 0.6 is 11.8 Å². The summed E-state index contributed by atoms with van der Waals surface area (Å²) < 4.78 is 8.97. The van der Waals surface area contributed by atoms with Crippen molar-refractivity contribution in [1.82, 2.24) is 30.7 Å². The number of piperazine rings is 1. The Balaban J connectivity index is 1.41. The zero-order chi connectivity index (χ0) is 36.4. The number of aliphatic carboxylic acids is 1. The first-order valence-electron chi connectivity index (χ1n) is 15.4. The van der Waals surface area contributed by atoms with E-state index < -0.39 is 69.7 Å². The van der Waals surface area contributed by atoms with Gasteiger partial charge in [0.1, 0.15) is 29.8 Å². The molecular weight excluding hydrogens is 676 g/mol. The minimum Gasteiger partial charge on any atom is -0.478 e. The number of carboxylic acid groups (broad SMARTS) is 1. The second-order valence-electron chi connectivity index (χ2n) is 11.9. The third-order valence-electron chi connectivity index (χ3n) is 8.63. The van der Waals surface area contributed by atoms with Gasteiger partial charge in [-0.05, 0) is 44.0 Å². The van der Waals surface area contributed by atoms with Crippen LogP contribution in [-0.4, -0.2) is 109 Å². The number of carbonyl (C=O) groups excluding carboxylic acids is 7. The number of amides is 7. The lowest BCUT2D eigenvalue weighted by atomic mass is 9.88. The number of carbonyl (C=O) groups is 8. The van der Waals surface area contributed by atoms with E-state index in [1.54, 1.807) is 31.2 Å². The van der Waals surface area contributed by atoms with Crippen molar-refractivity contribution in [1.29, 1.82) is 0 Å². The molecule has 3 aliphatic heterocycles. The Hall–Kier alpha value is -5.65. The predicted octanol–water partition coefficient (Wildman–Crippen LogP) is 0.549. The molecule has 50 heavy (non-hydrogen) atoms. The second kappa shape index (κ2) is 14.1. The Kier molecular flexibility index (Phi) is 10.0. The molecule has 3 saturated heterocycles. The van der Waals surface area contributed by atoms with Gasteiger partial charge in [0.25, 0.3) is 5.91 Å². The maximum atomic E-state index is 14.1. The second-order valence-corrected chi connectivity index (χ2v) is 13.7. The average molecular weight is 711 g/mol. The average Bonchev–Trinajstić information content (AvgIpc) is 3.30. The normalized spacial score (nSPS) is 22.9. The van der Waals surface area contributed by atoms with Crippen LogP contribution < -0.4 is 20.7 Å². The van der Waals surface area contributed by atoms with Gasteiger partial charge < -0.3 is 35.4 Å². The molecule has 4 atom stereocenters. The summed E-state index contributed by atoms with van der Waals surface area (Å²) in [7, 11) is 0. The van der Waals surface area contributed by atoms with E-state index in [2.05, 4.69) is 16.0 Å². The number of rotatable bonds is 11. The number of nitrogens with zero attached hydrogens (tertiary/aromatic N) is 3. The standard InChI is InChI=1S/C32H34N6O11S/c1-4-36-14-15-37(26(43)25(36)42)29(46)34-21(19-10-12-20(13-11-19)49-30(47)48-16-18-8-6-5-7-9-18)23(40)35-32(28(44)45)31(2,3)50-27-22(33-17-39)24(41)38(27)32/h5-13,17,21-22,27H,4,14-16H2,1-3H3,(H,33,39)(H,34,46)(H,35,40)(H,44,45)/t21?,22-,27+,32-/m0/s1. The number of benzene rings is 2. The van der Waals surface area contributed by atoms with Crippen molar-refractivity contribution < 1.29 is 52.9 Å². The molecule has 3 fully saturated rings. The van der Waals surface area contributed by atoms with E-state index in [4.69, 9.17) is 9.47 Å². The number of imide groups is 1. The molecule has 3 aliphatic rings. The van der Waals surface area contributed by atoms with Crippen LogP contribution in [0.15, 0.2) is 54.6 Å². The van der Waals surface area contributed by atoms with E-state index >= 15 is 0 Å². The molecular formula is C32H34N6O11S. The number of β-lactam (4-membered cyclic amide) rings is 1. The molecule has 18 heteroatoms. The molecule has 0 spiro atoms. The fourth-order valence-corrected chi connectivity index (χ4v) is 7.67. The van der Waals surface area contributed by atoms with Gasteiger partial charge in [-0.2, -0.15) is 0 Å². The van der Waals surface area contributed by atoms with Crippen LogP contribution in [0.25, 0.3) is 0 Å². The summed E-state index contributed by atoms with van der Waals surface area (Å²) in [6.07, 6.45) is -0.694. The molecule has 0 aromatic heterocycles. The van der Waals surface area contributed by atoms with Crippen molar-refractivity contribution in [3.63, 3.8) is 0 Å². The molecule has 2 aromatic rings. The van der Waals surface area contributed by atoms with Gasteiger partial charge in [0.15, 0.2) is 0 Å². The predicted molar refractivity (Wildman–Crippen MR) is 173 cm³/mol. The molecule has 5 rings (SSSR count). The smallest absolute Gasteiger partial charge is 0.478 e. The fourth-order valence-electron chi connectivity index (χ4n) is 5.96. The lowest BCUT2D eigenvalue weighted by Crippen LogP contribution is -2.80. The largest absolute Gasteiger partial charge is 0.514 e. The van der Waals surface area contributed by atoms with Crippen molar-refractivity contribution in [3.8, 4) is 5.75 Å². The van der Waals surface area contributed by atoms with E-state index in [1.165, 1.54) is 43.0 Å². The van der Waals surface area contributed by atoms with Crippen LogP contribution in [0.5, 0.6) is 5.75 Å². The molecule has 0 saturated carbocycles. The summed E-state index contributed by atoms with van der Waals surface area (Å²) in [4.78, 5) is 105. The molecule has 7 amide bonds. The number of urea groups is 1. The monoisotopic (exact) mass is 710 g/mol. The van der Waals surface area contributed by atoms with Crippen LogP contribution in [-0.2, 0) is 40.1 Å². The van der Waals surface area contributed by atoms with Crippen LogP contribution in [0.1, 0.15) is 37.9 Å². The summed E-state index contributed by atoms with van der Waals surface area (Å²) >= 11 is 1.05. The lowest BCUT2D eigenvalue weighted by molar-refractivity contribution is -0.176. The number of fused-ring (bicyclic) bond motifs is 1. The number of nitrogens with one attached hydrogen (secondary N) is 3. The number of hydrogen-bond acceptors (Lipinski definition) is 11. The number of hydrogen-bond donors (Lipinski definition) is 4. The van der Waals surface area contributed by atoms with Crippen LogP contribution in [0.4, 0.5) is 9.59 Å². The van der Waals surface area contributed by atoms with E-state index in [9.17, 15) is 43.5 Å². The van der Waals surface area contributed by atoms with Crippen molar-refractivity contribution in [2.75, 3.05) is 19.6 Å². The van der Waals surface area contributed by atoms with Crippen molar-refractivity contribution in [3.05, 3.63) is 65.7 Å².